The number of methoxy groups -OCH3 is 2. The van der Waals surface area contributed by atoms with Gasteiger partial charge < -0.3 is 39.9 Å². The van der Waals surface area contributed by atoms with Gasteiger partial charge in [-0.3, -0.25) is 19.0 Å². The summed E-state index contributed by atoms with van der Waals surface area (Å²) in [6, 6.07) is 8.36. The Balaban J connectivity index is 1.02. The molecule has 0 bridgehead atoms. The molecule has 0 saturated carbocycles. The Bertz CT molecular complexity index is 2560. The fourth-order valence-corrected chi connectivity index (χ4v) is 8.42. The molecule has 6 aromatic rings. The minimum Gasteiger partial charge on any atom is -0.453 e. The molecule has 2 saturated heterocycles. The van der Waals surface area contributed by atoms with E-state index in [0.29, 0.717) is 24.7 Å². The number of nitrogens with one attached hydrogen (secondary N) is 4. The number of fused-ring (bicyclic) bond motifs is 5. The van der Waals surface area contributed by atoms with Gasteiger partial charge in [0, 0.05) is 35.8 Å². The Kier molecular flexibility index (Phi) is 10.7. The largest absolute Gasteiger partial charge is 0.453 e. The molecule has 4 N–H and O–H groups in total. The first-order chi connectivity index (χ1) is 28.4. The third kappa shape index (κ3) is 7.40. The van der Waals surface area contributed by atoms with Crippen LogP contribution in [-0.2, 0) is 19.1 Å². The van der Waals surface area contributed by atoms with E-state index in [-0.39, 0.29) is 35.7 Å². The number of likely N-dealkylation sites (tertiary alicyclic amines) is 2. The lowest BCUT2D eigenvalue weighted by atomic mass is 10.0. The fraction of sp³-hybridized carbons (Fsp3) is 0.429. The van der Waals surface area contributed by atoms with Crippen molar-refractivity contribution in [1.29, 1.82) is 0 Å². The summed E-state index contributed by atoms with van der Waals surface area (Å²) in [7, 11) is 2.57. The van der Waals surface area contributed by atoms with Crippen LogP contribution in [0.3, 0.4) is 0 Å². The summed E-state index contributed by atoms with van der Waals surface area (Å²) >= 11 is 0. The SMILES string of the molecule is COC(=O)N[C@H](C(=O)N1CCC[C@H]1c1ncc(-c2ccc3c(c2)cc2c4ncc(-c5cnc([C@@H]6CCCN6C(=O)[C@@H](NC(=O)OC)C(C)C)[nH]5)cc4ncn32)[nH]1)C(C)C. The summed E-state index contributed by atoms with van der Waals surface area (Å²) in [4.78, 5) is 80.8. The van der Waals surface area contributed by atoms with E-state index < -0.39 is 24.3 Å². The molecule has 2 aliphatic heterocycles. The van der Waals surface area contributed by atoms with Crippen LogP contribution in [0.4, 0.5) is 9.59 Å². The first kappa shape index (κ1) is 39.3. The summed E-state index contributed by atoms with van der Waals surface area (Å²) in [6.45, 7) is 8.72. The molecular weight excluding hydrogens is 755 g/mol. The van der Waals surface area contributed by atoms with Crippen LogP contribution in [0.25, 0.3) is 50.0 Å². The lowest BCUT2D eigenvalue weighted by molar-refractivity contribution is -0.136. The van der Waals surface area contributed by atoms with Gasteiger partial charge in [0.1, 0.15) is 35.6 Å². The van der Waals surface area contributed by atoms with Crippen LogP contribution in [0, 0.1) is 11.8 Å². The maximum Gasteiger partial charge on any atom is 0.407 e. The normalized spacial score (nSPS) is 18.0. The second-order valence-electron chi connectivity index (χ2n) is 16.0. The van der Waals surface area contributed by atoms with Gasteiger partial charge in [-0.05, 0) is 61.8 Å². The molecule has 0 unspecified atom stereocenters. The van der Waals surface area contributed by atoms with Crippen molar-refractivity contribution in [1.82, 2.24) is 54.7 Å². The number of imidazole rings is 2. The number of pyridine rings is 1. The second-order valence-corrected chi connectivity index (χ2v) is 16.0. The highest BCUT2D eigenvalue weighted by atomic mass is 16.5. The minimum absolute atomic E-state index is 0.120. The summed E-state index contributed by atoms with van der Waals surface area (Å²) < 4.78 is 11.6. The van der Waals surface area contributed by atoms with Gasteiger partial charge in [-0.15, -0.1) is 0 Å². The molecule has 5 aromatic heterocycles. The van der Waals surface area contributed by atoms with Gasteiger partial charge >= 0.3 is 12.2 Å². The van der Waals surface area contributed by atoms with Gasteiger partial charge in [0.2, 0.25) is 11.8 Å². The summed E-state index contributed by atoms with van der Waals surface area (Å²) in [5, 5.41) is 6.39. The molecule has 2 aliphatic rings. The number of nitrogens with zero attached hydrogens (tertiary/aromatic N) is 7. The van der Waals surface area contributed by atoms with Crippen LogP contribution in [-0.4, -0.2) is 107 Å². The standard InChI is InChI=1S/C42H49N11O6/c1-22(2)34(49-41(56)58-5)39(54)51-13-7-9-31(51)37-44-19-28(47-37)24-11-12-30-25(15-24)17-33-36-27(46-21-53(30)33)16-26(18-43-36)29-20-45-38(48-29)32-10-8-14-52(32)40(55)35(23(3)4)50-42(57)59-6/h11-12,15-23,31-32,34-35H,7-10,13-14H2,1-6H3,(H,44,47)(H,45,48)(H,49,56)(H,50,57)/t31-,32-,34-,35-/m0/s1. The predicted molar refractivity (Wildman–Crippen MR) is 219 cm³/mol. The number of hydrogen-bond donors (Lipinski definition) is 4. The number of amides is 4. The topological polar surface area (TPSA) is 205 Å². The molecule has 0 radical (unpaired) electrons. The van der Waals surface area contributed by atoms with E-state index in [2.05, 4.69) is 43.8 Å². The van der Waals surface area contributed by atoms with Gasteiger partial charge in [-0.1, -0.05) is 33.8 Å². The van der Waals surface area contributed by atoms with E-state index in [1.807, 2.05) is 44.2 Å². The quantitative estimate of drug-likeness (QED) is 0.129. The number of carbonyl (C=O) groups excluding carboxylic acids is 4. The number of hydrogen-bond acceptors (Lipinski definition) is 10. The van der Waals surface area contributed by atoms with E-state index in [4.69, 9.17) is 24.4 Å². The summed E-state index contributed by atoms with van der Waals surface area (Å²) in [5.41, 5.74) is 6.69. The van der Waals surface area contributed by atoms with Crippen molar-refractivity contribution >= 4 is 51.5 Å². The summed E-state index contributed by atoms with van der Waals surface area (Å²) in [5.74, 6) is 0.818. The van der Waals surface area contributed by atoms with E-state index in [9.17, 15) is 19.2 Å². The van der Waals surface area contributed by atoms with Crippen LogP contribution in [0.15, 0.2) is 55.2 Å². The lowest BCUT2D eigenvalue weighted by Crippen LogP contribution is -2.51. The smallest absolute Gasteiger partial charge is 0.407 e. The predicted octanol–water partition coefficient (Wildman–Crippen LogP) is 5.90. The molecule has 59 heavy (non-hydrogen) atoms. The van der Waals surface area contributed by atoms with E-state index in [1.165, 1.54) is 14.2 Å². The average Bonchev–Trinajstić information content (AvgIpc) is 4.09. The van der Waals surface area contributed by atoms with Crippen LogP contribution in [0.2, 0.25) is 0 Å². The molecular formula is C42H49N11O6. The molecule has 0 aliphatic carbocycles. The number of ether oxygens (including phenoxy) is 2. The van der Waals surface area contributed by atoms with Crippen molar-refractivity contribution in [2.45, 2.75) is 77.5 Å². The number of aromatic amines is 2. The van der Waals surface area contributed by atoms with Gasteiger partial charge in [0.05, 0.1) is 66.6 Å². The lowest BCUT2D eigenvalue weighted by Gasteiger charge is -2.30. The Morgan fingerprint density at radius 2 is 1.25 bits per heavy atom. The minimum atomic E-state index is -0.713. The van der Waals surface area contributed by atoms with E-state index in [1.54, 1.807) is 34.7 Å². The second kappa shape index (κ2) is 16.0. The first-order valence-corrected chi connectivity index (χ1v) is 20.1. The zero-order chi connectivity index (χ0) is 41.5. The highest BCUT2D eigenvalue weighted by Crippen LogP contribution is 2.36. The Labute approximate surface area is 340 Å². The summed E-state index contributed by atoms with van der Waals surface area (Å²) in [6.07, 6.45) is 9.05. The van der Waals surface area contributed by atoms with Gasteiger partial charge in [-0.2, -0.15) is 0 Å². The van der Waals surface area contributed by atoms with Gasteiger partial charge in [-0.25, -0.2) is 24.5 Å². The molecule has 308 valence electrons. The number of carbonyl (C=O) groups is 4. The zero-order valence-electron chi connectivity index (χ0n) is 34.0. The van der Waals surface area contributed by atoms with Crippen molar-refractivity contribution in [3.05, 3.63) is 66.9 Å². The van der Waals surface area contributed by atoms with Crippen LogP contribution in [0.5, 0.6) is 0 Å². The third-order valence-electron chi connectivity index (χ3n) is 11.6. The van der Waals surface area contributed by atoms with Crippen molar-refractivity contribution in [2.75, 3.05) is 27.3 Å². The Morgan fingerprint density at radius 1 is 0.695 bits per heavy atom. The Morgan fingerprint density at radius 3 is 1.80 bits per heavy atom. The molecule has 17 heteroatoms. The van der Waals surface area contributed by atoms with Crippen molar-refractivity contribution in [3.63, 3.8) is 0 Å². The van der Waals surface area contributed by atoms with E-state index in [0.717, 1.165) is 75.7 Å². The van der Waals surface area contributed by atoms with Crippen LogP contribution >= 0.6 is 0 Å². The van der Waals surface area contributed by atoms with Crippen molar-refractivity contribution in [3.8, 4) is 22.5 Å². The molecule has 0 spiro atoms. The number of rotatable bonds is 10. The van der Waals surface area contributed by atoms with E-state index >= 15 is 0 Å². The maximum atomic E-state index is 13.6. The number of H-pyrrole nitrogens is 2. The highest BCUT2D eigenvalue weighted by Gasteiger charge is 2.39. The molecule has 2 fully saturated rings. The van der Waals surface area contributed by atoms with Gasteiger partial charge in [0.15, 0.2) is 0 Å². The number of alkyl carbamates (subject to hydrolysis) is 2. The third-order valence-corrected chi connectivity index (χ3v) is 11.6. The number of aromatic nitrogens is 7. The van der Waals surface area contributed by atoms with Gasteiger partial charge in [0.25, 0.3) is 0 Å². The van der Waals surface area contributed by atoms with Crippen LogP contribution in [0.1, 0.15) is 77.1 Å². The average molecular weight is 804 g/mol. The number of benzene rings is 1. The van der Waals surface area contributed by atoms with Crippen LogP contribution < -0.4 is 10.6 Å². The monoisotopic (exact) mass is 803 g/mol. The zero-order valence-corrected chi connectivity index (χ0v) is 34.0. The maximum absolute atomic E-state index is 13.6. The highest BCUT2D eigenvalue weighted by molar-refractivity contribution is 6.00. The van der Waals surface area contributed by atoms with Crippen molar-refractivity contribution in [2.24, 2.45) is 11.8 Å². The Hall–Kier alpha value is -6.52. The molecule has 7 heterocycles. The van der Waals surface area contributed by atoms with Crippen molar-refractivity contribution < 1.29 is 28.7 Å². The molecule has 17 nitrogen and oxygen atoms in total. The molecule has 4 amide bonds. The fourth-order valence-electron chi connectivity index (χ4n) is 8.42. The molecule has 1 aromatic carbocycles. The first-order valence-electron chi connectivity index (χ1n) is 20.1. The molecule has 8 rings (SSSR count). The molecule has 4 atom stereocenters.